The van der Waals surface area contributed by atoms with Crippen molar-refractivity contribution in [3.05, 3.63) is 29.6 Å². The molecule has 0 spiro atoms. The largest absolute Gasteiger partial charge is 0.493 e. The maximum atomic E-state index is 13.1. The van der Waals surface area contributed by atoms with Crippen LogP contribution in [0.2, 0.25) is 0 Å². The van der Waals surface area contributed by atoms with Gasteiger partial charge in [-0.15, -0.1) is 0 Å². The molecule has 0 heterocycles. The van der Waals surface area contributed by atoms with Crippen molar-refractivity contribution >= 4 is 15.9 Å². The normalized spacial score (nSPS) is 14.4. The van der Waals surface area contributed by atoms with Crippen molar-refractivity contribution in [2.45, 2.75) is 25.6 Å². The fourth-order valence-corrected chi connectivity index (χ4v) is 1.98. The second kappa shape index (κ2) is 6.93. The van der Waals surface area contributed by atoms with Gasteiger partial charge in [0.15, 0.2) is 0 Å². The number of ether oxygens (including phenoxy) is 1. The summed E-state index contributed by atoms with van der Waals surface area (Å²) in [6.07, 6.45) is -1.72. The lowest BCUT2D eigenvalue weighted by atomic mass is 10.0. The van der Waals surface area contributed by atoms with Crippen LogP contribution in [0.25, 0.3) is 0 Å². The Morgan fingerprint density at radius 2 is 2.12 bits per heavy atom. The topological polar surface area (TPSA) is 49.7 Å². The zero-order valence-electron chi connectivity index (χ0n) is 9.57. The van der Waals surface area contributed by atoms with Gasteiger partial charge >= 0.3 is 0 Å². The summed E-state index contributed by atoms with van der Waals surface area (Å²) in [5, 5.41) is 20.2. The molecule has 0 aliphatic heterocycles. The van der Waals surface area contributed by atoms with Crippen molar-refractivity contribution in [3.8, 4) is 5.75 Å². The summed E-state index contributed by atoms with van der Waals surface area (Å²) in [4.78, 5) is 0. The molecule has 2 atom stereocenters. The van der Waals surface area contributed by atoms with Gasteiger partial charge in [0.1, 0.15) is 17.7 Å². The summed E-state index contributed by atoms with van der Waals surface area (Å²) in [5.41, 5.74) is 0.278. The Kier molecular flexibility index (Phi) is 5.88. The molecule has 0 aromatic heterocycles. The van der Waals surface area contributed by atoms with Gasteiger partial charge in [-0.2, -0.15) is 0 Å². The SMILES string of the molecule is CCOc1ccc(F)cc1C(O)C(O)CCBr. The quantitative estimate of drug-likeness (QED) is 0.794. The first-order valence-corrected chi connectivity index (χ1v) is 6.56. The molecule has 0 aliphatic carbocycles. The van der Waals surface area contributed by atoms with Crippen LogP contribution in [0.15, 0.2) is 18.2 Å². The highest BCUT2D eigenvalue weighted by Gasteiger charge is 2.22. The van der Waals surface area contributed by atoms with Crippen LogP contribution in [0.4, 0.5) is 4.39 Å². The predicted octanol–water partition coefficient (Wildman–Crippen LogP) is 2.40. The molecular formula is C12H16BrFO3. The molecule has 0 amide bonds. The van der Waals surface area contributed by atoms with E-state index in [4.69, 9.17) is 4.74 Å². The number of benzene rings is 1. The van der Waals surface area contributed by atoms with Gasteiger partial charge in [0.05, 0.1) is 12.7 Å². The number of aliphatic hydroxyl groups is 2. The van der Waals surface area contributed by atoms with E-state index < -0.39 is 18.0 Å². The minimum Gasteiger partial charge on any atom is -0.493 e. The molecule has 0 radical (unpaired) electrons. The summed E-state index contributed by atoms with van der Waals surface area (Å²) >= 11 is 3.18. The van der Waals surface area contributed by atoms with E-state index in [1.54, 1.807) is 6.92 Å². The van der Waals surface area contributed by atoms with E-state index in [-0.39, 0.29) is 5.56 Å². The van der Waals surface area contributed by atoms with Crippen LogP contribution < -0.4 is 4.74 Å². The second-order valence-electron chi connectivity index (χ2n) is 3.61. The molecule has 1 aromatic rings. The van der Waals surface area contributed by atoms with Crippen molar-refractivity contribution in [3.63, 3.8) is 0 Å². The van der Waals surface area contributed by atoms with Crippen LogP contribution >= 0.6 is 15.9 Å². The van der Waals surface area contributed by atoms with E-state index >= 15 is 0 Å². The van der Waals surface area contributed by atoms with Crippen molar-refractivity contribution in [2.75, 3.05) is 11.9 Å². The van der Waals surface area contributed by atoms with Crippen molar-refractivity contribution in [2.24, 2.45) is 0 Å². The molecular weight excluding hydrogens is 291 g/mol. The third-order valence-electron chi connectivity index (χ3n) is 2.36. The molecule has 5 heteroatoms. The molecule has 0 bridgehead atoms. The van der Waals surface area contributed by atoms with Gasteiger partial charge in [-0.3, -0.25) is 0 Å². The molecule has 17 heavy (non-hydrogen) atoms. The van der Waals surface area contributed by atoms with Gasteiger partial charge in [-0.1, -0.05) is 15.9 Å². The van der Waals surface area contributed by atoms with E-state index in [1.165, 1.54) is 18.2 Å². The summed E-state index contributed by atoms with van der Waals surface area (Å²) in [7, 11) is 0. The highest BCUT2D eigenvalue weighted by molar-refractivity contribution is 9.09. The zero-order valence-corrected chi connectivity index (χ0v) is 11.2. The second-order valence-corrected chi connectivity index (χ2v) is 4.40. The van der Waals surface area contributed by atoms with Crippen LogP contribution in [0.3, 0.4) is 0 Å². The van der Waals surface area contributed by atoms with Gasteiger partial charge in [-0.25, -0.2) is 4.39 Å². The lowest BCUT2D eigenvalue weighted by Crippen LogP contribution is -2.19. The number of aliphatic hydroxyl groups excluding tert-OH is 2. The molecule has 0 fully saturated rings. The number of hydrogen-bond donors (Lipinski definition) is 2. The Bertz CT molecular complexity index is 360. The smallest absolute Gasteiger partial charge is 0.125 e. The summed E-state index contributed by atoms with van der Waals surface area (Å²) < 4.78 is 18.4. The number of hydrogen-bond acceptors (Lipinski definition) is 3. The standard InChI is InChI=1S/C12H16BrFO3/c1-2-17-11-4-3-8(14)7-9(11)12(16)10(15)5-6-13/h3-4,7,10,12,15-16H,2,5-6H2,1H3. The Hall–Kier alpha value is -0.650. The first kappa shape index (κ1) is 14.4. The third kappa shape index (κ3) is 3.94. The number of alkyl halides is 1. The van der Waals surface area contributed by atoms with Crippen molar-refractivity contribution < 1.29 is 19.3 Å². The van der Waals surface area contributed by atoms with Gasteiger partial charge in [0.2, 0.25) is 0 Å². The van der Waals surface area contributed by atoms with Gasteiger partial charge in [0, 0.05) is 10.9 Å². The molecule has 2 N–H and O–H groups in total. The number of halogens is 2. The highest BCUT2D eigenvalue weighted by Crippen LogP contribution is 2.29. The van der Waals surface area contributed by atoms with Gasteiger partial charge < -0.3 is 14.9 Å². The van der Waals surface area contributed by atoms with E-state index in [9.17, 15) is 14.6 Å². The van der Waals surface area contributed by atoms with Crippen LogP contribution in [-0.2, 0) is 0 Å². The average molecular weight is 307 g/mol. The maximum Gasteiger partial charge on any atom is 0.125 e. The monoisotopic (exact) mass is 306 g/mol. The summed E-state index contributed by atoms with van der Waals surface area (Å²) in [5.74, 6) is -0.0661. The average Bonchev–Trinajstić information content (AvgIpc) is 2.31. The predicted molar refractivity (Wildman–Crippen MR) is 66.9 cm³/mol. The van der Waals surface area contributed by atoms with Gasteiger partial charge in [-0.05, 0) is 31.5 Å². The molecule has 0 saturated heterocycles. The molecule has 1 rings (SSSR count). The fourth-order valence-electron chi connectivity index (χ4n) is 1.51. The molecule has 2 unspecified atom stereocenters. The summed E-state index contributed by atoms with van der Waals surface area (Å²) in [6.45, 7) is 2.22. The van der Waals surface area contributed by atoms with E-state index in [1.807, 2.05) is 0 Å². The number of rotatable bonds is 6. The van der Waals surface area contributed by atoms with Crippen LogP contribution in [0, 0.1) is 5.82 Å². The Balaban J connectivity index is 2.96. The minimum absolute atomic E-state index is 0.278. The zero-order chi connectivity index (χ0) is 12.8. The van der Waals surface area contributed by atoms with Crippen LogP contribution in [0.1, 0.15) is 25.0 Å². The molecule has 1 aromatic carbocycles. The molecule has 0 saturated carbocycles. The van der Waals surface area contributed by atoms with Gasteiger partial charge in [0.25, 0.3) is 0 Å². The lowest BCUT2D eigenvalue weighted by molar-refractivity contribution is 0.0156. The first-order chi connectivity index (χ1) is 8.10. The van der Waals surface area contributed by atoms with Crippen LogP contribution in [-0.4, -0.2) is 28.3 Å². The Morgan fingerprint density at radius 3 is 2.71 bits per heavy atom. The van der Waals surface area contributed by atoms with E-state index in [0.717, 1.165) is 0 Å². The first-order valence-electron chi connectivity index (χ1n) is 5.44. The lowest BCUT2D eigenvalue weighted by Gasteiger charge is -2.20. The third-order valence-corrected chi connectivity index (χ3v) is 2.82. The molecule has 0 aliphatic rings. The Labute approximate surface area is 108 Å². The van der Waals surface area contributed by atoms with E-state index in [0.29, 0.717) is 24.1 Å². The van der Waals surface area contributed by atoms with Crippen molar-refractivity contribution in [1.29, 1.82) is 0 Å². The van der Waals surface area contributed by atoms with Crippen LogP contribution in [0.5, 0.6) is 5.75 Å². The molecule has 96 valence electrons. The van der Waals surface area contributed by atoms with Crippen molar-refractivity contribution in [1.82, 2.24) is 0 Å². The summed E-state index contributed by atoms with van der Waals surface area (Å²) in [6, 6.07) is 3.91. The fraction of sp³-hybridized carbons (Fsp3) is 0.500. The highest BCUT2D eigenvalue weighted by atomic mass is 79.9. The minimum atomic E-state index is -1.15. The van der Waals surface area contributed by atoms with E-state index in [2.05, 4.69) is 15.9 Å². The maximum absolute atomic E-state index is 13.1. The molecule has 3 nitrogen and oxygen atoms in total. The Morgan fingerprint density at radius 1 is 1.41 bits per heavy atom.